The Morgan fingerprint density at radius 1 is 1.32 bits per heavy atom. The van der Waals surface area contributed by atoms with Gasteiger partial charge in [0, 0.05) is 51.3 Å². The zero-order chi connectivity index (χ0) is 20.7. The second kappa shape index (κ2) is 9.65. The fourth-order valence-corrected chi connectivity index (χ4v) is 3.85. The fourth-order valence-electron chi connectivity index (χ4n) is 2.85. The lowest BCUT2D eigenvalue weighted by atomic mass is 10.1. The Morgan fingerprint density at radius 2 is 2.07 bits per heavy atom. The second-order valence-corrected chi connectivity index (χ2v) is 8.37. The van der Waals surface area contributed by atoms with Crippen LogP contribution in [0, 0.1) is 13.8 Å². The molecule has 10 heteroatoms. The smallest absolute Gasteiger partial charge is 0.242 e. The molecule has 2 aromatic heterocycles. The van der Waals surface area contributed by atoms with E-state index in [2.05, 4.69) is 44.3 Å². The Morgan fingerprint density at radius 3 is 2.64 bits per heavy atom. The summed E-state index contributed by atoms with van der Waals surface area (Å²) in [6.45, 7) is 6.77. The third kappa shape index (κ3) is 5.77. The molecular weight excluding hydrogens is 378 g/mol. The maximum Gasteiger partial charge on any atom is 0.242 e. The number of aryl methyl sites for hydroxylation is 2. The third-order valence-corrected chi connectivity index (χ3v) is 5.88. The van der Waals surface area contributed by atoms with E-state index in [9.17, 15) is 8.42 Å². The molecule has 1 atom stereocenters. The topological polar surface area (TPSA) is 113 Å². The lowest BCUT2D eigenvalue weighted by Gasteiger charge is -2.18. The number of aromatic nitrogens is 3. The molecule has 154 valence electrons. The van der Waals surface area contributed by atoms with Crippen LogP contribution < -0.4 is 15.4 Å². The van der Waals surface area contributed by atoms with Crippen LogP contribution in [0.1, 0.15) is 23.9 Å². The third-order valence-electron chi connectivity index (χ3n) is 4.43. The van der Waals surface area contributed by atoms with Gasteiger partial charge in [0.1, 0.15) is 4.90 Å². The molecule has 0 radical (unpaired) electrons. The van der Waals surface area contributed by atoms with E-state index in [4.69, 9.17) is 0 Å². The van der Waals surface area contributed by atoms with Crippen LogP contribution in [0.2, 0.25) is 0 Å². The van der Waals surface area contributed by atoms with Crippen molar-refractivity contribution in [3.63, 3.8) is 0 Å². The molecule has 2 rings (SSSR count). The molecule has 0 fully saturated rings. The molecular formula is C18H29N7O2S. The van der Waals surface area contributed by atoms with Gasteiger partial charge in [0.05, 0.1) is 5.69 Å². The van der Waals surface area contributed by atoms with Crippen LogP contribution in [0.25, 0.3) is 0 Å². The van der Waals surface area contributed by atoms with Crippen LogP contribution >= 0.6 is 0 Å². The lowest BCUT2D eigenvalue weighted by molar-refractivity contribution is 0.579. The molecule has 28 heavy (non-hydrogen) atoms. The van der Waals surface area contributed by atoms with Crippen molar-refractivity contribution in [2.75, 3.05) is 20.1 Å². The summed E-state index contributed by atoms with van der Waals surface area (Å²) in [5.74, 6) is 0.618. The van der Waals surface area contributed by atoms with E-state index in [1.165, 1.54) is 24.0 Å². The van der Waals surface area contributed by atoms with Crippen molar-refractivity contribution in [2.24, 2.45) is 12.0 Å². The van der Waals surface area contributed by atoms with Crippen LogP contribution in [0.15, 0.2) is 34.4 Å². The summed E-state index contributed by atoms with van der Waals surface area (Å²) >= 11 is 0. The molecule has 0 aliphatic rings. The molecule has 2 aromatic rings. The molecule has 0 spiro atoms. The van der Waals surface area contributed by atoms with Crippen molar-refractivity contribution in [1.29, 1.82) is 0 Å². The quantitative estimate of drug-likeness (QED) is 0.334. The van der Waals surface area contributed by atoms with E-state index in [1.54, 1.807) is 13.1 Å². The number of sulfonamides is 1. The van der Waals surface area contributed by atoms with Crippen molar-refractivity contribution in [3.8, 4) is 0 Å². The first kappa shape index (κ1) is 21.8. The number of aliphatic imine (C=N–C) groups is 1. The van der Waals surface area contributed by atoms with E-state index in [-0.39, 0.29) is 17.5 Å². The zero-order valence-corrected chi connectivity index (χ0v) is 17.8. The van der Waals surface area contributed by atoms with E-state index in [0.717, 1.165) is 17.8 Å². The molecule has 0 aromatic carbocycles. The highest BCUT2D eigenvalue weighted by molar-refractivity contribution is 7.89. The molecule has 9 nitrogen and oxygen atoms in total. The Balaban J connectivity index is 1.81. The van der Waals surface area contributed by atoms with Crippen LogP contribution in [-0.4, -0.2) is 55.3 Å². The highest BCUT2D eigenvalue weighted by Gasteiger charge is 2.15. The van der Waals surface area contributed by atoms with Gasteiger partial charge in [0.15, 0.2) is 5.96 Å². The van der Waals surface area contributed by atoms with Crippen molar-refractivity contribution in [1.82, 2.24) is 30.1 Å². The molecule has 0 saturated heterocycles. The first-order valence-corrected chi connectivity index (χ1v) is 10.6. The van der Waals surface area contributed by atoms with Gasteiger partial charge < -0.3 is 10.6 Å². The van der Waals surface area contributed by atoms with Crippen LogP contribution in [0.5, 0.6) is 0 Å². The normalized spacial score (nSPS) is 13.4. The number of hydrogen-bond donors (Lipinski definition) is 3. The number of nitrogens with one attached hydrogen (secondary N) is 3. The van der Waals surface area contributed by atoms with Crippen LogP contribution in [-0.2, 0) is 23.5 Å². The molecule has 3 N–H and O–H groups in total. The predicted molar refractivity (Wildman–Crippen MR) is 110 cm³/mol. The van der Waals surface area contributed by atoms with Crippen molar-refractivity contribution < 1.29 is 8.42 Å². The summed E-state index contributed by atoms with van der Waals surface area (Å²) in [7, 11) is 0.0665. The first-order valence-electron chi connectivity index (χ1n) is 9.10. The summed E-state index contributed by atoms with van der Waals surface area (Å²) in [5.41, 5.74) is 3.41. The minimum Gasteiger partial charge on any atom is -0.355 e. The Hall–Kier alpha value is -2.46. The van der Waals surface area contributed by atoms with Crippen LogP contribution in [0.3, 0.4) is 0 Å². The van der Waals surface area contributed by atoms with Gasteiger partial charge >= 0.3 is 0 Å². The van der Waals surface area contributed by atoms with Crippen molar-refractivity contribution >= 4 is 16.0 Å². The fraction of sp³-hybridized carbons (Fsp3) is 0.500. The number of nitrogens with zero attached hydrogens (tertiary/aromatic N) is 4. The monoisotopic (exact) mass is 407 g/mol. The van der Waals surface area contributed by atoms with E-state index >= 15 is 0 Å². The minimum atomic E-state index is -3.56. The standard InChI is InChI=1S/C18H29N7O2S/c1-13(11-17-14(2)24-25(5)15(17)3)23-18(19-4)21-9-10-22-28(26,27)16-7-6-8-20-12-16/h6-8,12-13,22H,9-11H2,1-5H3,(H2,19,21,23). The SMILES string of the molecule is CN=C(NCCNS(=O)(=O)c1cccnc1)NC(C)Cc1c(C)nn(C)c1C. The Labute approximate surface area is 166 Å². The highest BCUT2D eigenvalue weighted by Crippen LogP contribution is 2.14. The van der Waals surface area contributed by atoms with E-state index in [0.29, 0.717) is 12.5 Å². The first-order chi connectivity index (χ1) is 13.2. The molecule has 0 amide bonds. The largest absolute Gasteiger partial charge is 0.355 e. The summed E-state index contributed by atoms with van der Waals surface area (Å²) in [6.07, 6.45) is 3.67. The highest BCUT2D eigenvalue weighted by atomic mass is 32.2. The summed E-state index contributed by atoms with van der Waals surface area (Å²) in [6, 6.07) is 3.24. The van der Waals surface area contributed by atoms with Gasteiger partial charge in [-0.05, 0) is 44.9 Å². The molecule has 0 aliphatic heterocycles. The lowest BCUT2D eigenvalue weighted by Crippen LogP contribution is -2.45. The van der Waals surface area contributed by atoms with Gasteiger partial charge in [-0.1, -0.05) is 0 Å². The Bertz CT molecular complexity index is 908. The van der Waals surface area contributed by atoms with Gasteiger partial charge in [-0.2, -0.15) is 5.10 Å². The second-order valence-electron chi connectivity index (χ2n) is 6.61. The van der Waals surface area contributed by atoms with Gasteiger partial charge in [-0.15, -0.1) is 0 Å². The van der Waals surface area contributed by atoms with Crippen LogP contribution in [0.4, 0.5) is 0 Å². The number of pyridine rings is 1. The number of hydrogen-bond acceptors (Lipinski definition) is 5. The number of rotatable bonds is 8. The van der Waals surface area contributed by atoms with Gasteiger partial charge in [-0.25, -0.2) is 13.1 Å². The summed E-state index contributed by atoms with van der Waals surface area (Å²) < 4.78 is 28.8. The maximum absolute atomic E-state index is 12.2. The van der Waals surface area contributed by atoms with Crippen molar-refractivity contribution in [2.45, 2.75) is 38.1 Å². The molecule has 1 unspecified atom stereocenters. The summed E-state index contributed by atoms with van der Waals surface area (Å²) in [5, 5.41) is 10.9. The minimum absolute atomic E-state index is 0.139. The Kier molecular flexibility index (Phi) is 7.53. The average molecular weight is 408 g/mol. The van der Waals surface area contributed by atoms with Gasteiger partial charge in [-0.3, -0.25) is 14.7 Å². The molecule has 0 aliphatic carbocycles. The molecule has 2 heterocycles. The summed E-state index contributed by atoms with van der Waals surface area (Å²) in [4.78, 5) is 8.18. The van der Waals surface area contributed by atoms with Gasteiger partial charge in [0.2, 0.25) is 10.0 Å². The van der Waals surface area contributed by atoms with Crippen molar-refractivity contribution in [3.05, 3.63) is 41.5 Å². The zero-order valence-electron chi connectivity index (χ0n) is 17.0. The predicted octanol–water partition coefficient (Wildman–Crippen LogP) is 0.506. The van der Waals surface area contributed by atoms with Gasteiger partial charge in [0.25, 0.3) is 0 Å². The average Bonchev–Trinajstić information content (AvgIpc) is 2.91. The number of guanidine groups is 1. The maximum atomic E-state index is 12.2. The molecule has 0 bridgehead atoms. The van der Waals surface area contributed by atoms with E-state index < -0.39 is 10.0 Å². The molecule has 0 saturated carbocycles. The van der Waals surface area contributed by atoms with E-state index in [1.807, 2.05) is 18.7 Å².